The van der Waals surface area contributed by atoms with Gasteiger partial charge in [0.15, 0.2) is 13.1 Å². The van der Waals surface area contributed by atoms with Gasteiger partial charge < -0.3 is 4.74 Å². The van der Waals surface area contributed by atoms with Crippen LogP contribution < -0.4 is 10.7 Å². The van der Waals surface area contributed by atoms with Crippen LogP contribution in [0.1, 0.15) is 18.4 Å². The molecule has 1 atom stereocenters. The SMILES string of the molecule is COC(=O)CN1CCC(Bc2ccc3c(n2)N(F)CCC3)C1. The van der Waals surface area contributed by atoms with Crippen LogP contribution in [0.3, 0.4) is 0 Å². The molecular weight excluding hydrogens is 284 g/mol. The zero-order valence-electron chi connectivity index (χ0n) is 12.9. The fourth-order valence-corrected chi connectivity index (χ4v) is 3.32. The van der Waals surface area contributed by atoms with Gasteiger partial charge >= 0.3 is 5.97 Å². The van der Waals surface area contributed by atoms with Crippen molar-refractivity contribution in [3.63, 3.8) is 0 Å². The number of methoxy groups -OCH3 is 1. The van der Waals surface area contributed by atoms with Gasteiger partial charge in [0.05, 0.1) is 20.2 Å². The molecule has 1 fully saturated rings. The van der Waals surface area contributed by atoms with Crippen LogP contribution in [0, 0.1) is 0 Å². The molecule has 3 heterocycles. The number of fused-ring (bicyclic) bond motifs is 1. The van der Waals surface area contributed by atoms with E-state index in [0.717, 1.165) is 55.9 Å². The third kappa shape index (κ3) is 3.40. The molecule has 0 amide bonds. The Morgan fingerprint density at radius 1 is 1.50 bits per heavy atom. The Morgan fingerprint density at radius 3 is 3.18 bits per heavy atom. The minimum absolute atomic E-state index is 0.194. The number of nitrogens with zero attached hydrogens (tertiary/aromatic N) is 3. The number of anilines is 1. The Balaban J connectivity index is 1.60. The summed E-state index contributed by atoms with van der Waals surface area (Å²) in [4.78, 5) is 17.9. The summed E-state index contributed by atoms with van der Waals surface area (Å²) in [5, 5.41) is 0.764. The highest BCUT2D eigenvalue weighted by Gasteiger charge is 2.26. The molecule has 7 heteroatoms. The summed E-state index contributed by atoms with van der Waals surface area (Å²) in [7, 11) is 2.24. The van der Waals surface area contributed by atoms with Gasteiger partial charge in [-0.15, -0.1) is 0 Å². The average Bonchev–Trinajstić information content (AvgIpc) is 2.95. The highest BCUT2D eigenvalue weighted by Crippen LogP contribution is 2.25. The van der Waals surface area contributed by atoms with Gasteiger partial charge in [0.2, 0.25) is 0 Å². The number of esters is 1. The second-order valence-electron chi connectivity index (χ2n) is 6.14. The molecule has 1 saturated heterocycles. The van der Waals surface area contributed by atoms with Crippen molar-refractivity contribution in [3.05, 3.63) is 17.7 Å². The van der Waals surface area contributed by atoms with E-state index in [1.165, 1.54) is 7.11 Å². The third-order valence-electron chi connectivity index (χ3n) is 4.49. The van der Waals surface area contributed by atoms with Crippen molar-refractivity contribution in [3.8, 4) is 0 Å². The molecule has 1 unspecified atom stereocenters. The summed E-state index contributed by atoms with van der Waals surface area (Å²) in [6, 6.07) is 4.02. The third-order valence-corrected chi connectivity index (χ3v) is 4.49. The Morgan fingerprint density at radius 2 is 2.36 bits per heavy atom. The molecule has 2 aliphatic rings. The minimum atomic E-state index is -0.194. The second-order valence-corrected chi connectivity index (χ2v) is 6.14. The predicted octanol–water partition coefficient (Wildman–Crippen LogP) is 0.448. The number of rotatable bonds is 4. The lowest BCUT2D eigenvalue weighted by atomic mass is 9.61. The molecule has 0 aromatic carbocycles. The normalized spacial score (nSPS) is 21.5. The average molecular weight is 305 g/mol. The lowest BCUT2D eigenvalue weighted by molar-refractivity contribution is -0.141. The van der Waals surface area contributed by atoms with Gasteiger partial charge in [0.25, 0.3) is 0 Å². The van der Waals surface area contributed by atoms with E-state index in [1.54, 1.807) is 0 Å². The van der Waals surface area contributed by atoms with Crippen LogP contribution in [0.4, 0.5) is 10.3 Å². The number of halogens is 1. The van der Waals surface area contributed by atoms with Gasteiger partial charge in [-0.25, -0.2) is 4.98 Å². The molecule has 0 saturated carbocycles. The van der Waals surface area contributed by atoms with Crippen LogP contribution in [-0.4, -0.2) is 56.4 Å². The van der Waals surface area contributed by atoms with Crippen LogP contribution in [0.15, 0.2) is 12.1 Å². The van der Waals surface area contributed by atoms with Crippen molar-refractivity contribution >= 4 is 24.7 Å². The van der Waals surface area contributed by atoms with E-state index in [1.807, 2.05) is 12.1 Å². The Kier molecular flexibility index (Phi) is 4.61. The van der Waals surface area contributed by atoms with Crippen molar-refractivity contribution in [2.24, 2.45) is 0 Å². The number of pyridine rings is 1. The van der Waals surface area contributed by atoms with E-state index in [2.05, 4.69) is 9.88 Å². The van der Waals surface area contributed by atoms with Crippen LogP contribution in [0.25, 0.3) is 0 Å². The van der Waals surface area contributed by atoms with E-state index in [-0.39, 0.29) is 5.97 Å². The van der Waals surface area contributed by atoms with E-state index in [4.69, 9.17) is 4.74 Å². The first-order chi connectivity index (χ1) is 10.7. The van der Waals surface area contributed by atoms with Gasteiger partial charge in [0, 0.05) is 5.59 Å². The molecule has 0 N–H and O–H groups in total. The standard InChI is InChI=1S/C15H21BFN3O2/c1-22-14(21)10-19-8-6-12(9-19)16-13-5-4-11-3-2-7-20(17)15(11)18-13/h4-5,12,16H,2-3,6-10H2,1H3. The van der Waals surface area contributed by atoms with Crippen molar-refractivity contribution in [1.82, 2.24) is 9.88 Å². The summed E-state index contributed by atoms with van der Waals surface area (Å²) in [6.07, 6.45) is 2.78. The first kappa shape index (κ1) is 15.3. The number of hydrogen-bond acceptors (Lipinski definition) is 5. The van der Waals surface area contributed by atoms with E-state index in [9.17, 15) is 9.28 Å². The molecule has 0 aliphatic carbocycles. The molecule has 1 aromatic heterocycles. The fourth-order valence-electron chi connectivity index (χ4n) is 3.32. The van der Waals surface area contributed by atoms with Crippen LogP contribution >= 0.6 is 0 Å². The Bertz CT molecular complexity index is 558. The summed E-state index contributed by atoms with van der Waals surface area (Å²) in [5.41, 5.74) is 1.93. The molecule has 2 aliphatic heterocycles. The quantitative estimate of drug-likeness (QED) is 0.459. The van der Waals surface area contributed by atoms with Gasteiger partial charge in [-0.1, -0.05) is 10.5 Å². The highest BCUT2D eigenvalue weighted by atomic mass is 19.2. The van der Waals surface area contributed by atoms with Gasteiger partial charge in [-0.3, -0.25) is 9.69 Å². The summed E-state index contributed by atoms with van der Waals surface area (Å²) in [6.45, 7) is 2.55. The molecule has 0 bridgehead atoms. The maximum absolute atomic E-state index is 13.8. The van der Waals surface area contributed by atoms with Gasteiger partial charge in [-0.05, 0) is 49.8 Å². The van der Waals surface area contributed by atoms with Crippen molar-refractivity contribution in [2.45, 2.75) is 25.1 Å². The summed E-state index contributed by atoms with van der Waals surface area (Å²) >= 11 is 0. The fraction of sp³-hybridized carbons (Fsp3) is 0.600. The molecule has 3 rings (SSSR count). The topological polar surface area (TPSA) is 45.7 Å². The monoisotopic (exact) mass is 305 g/mol. The van der Waals surface area contributed by atoms with E-state index < -0.39 is 0 Å². The number of ether oxygens (including phenoxy) is 1. The molecule has 0 radical (unpaired) electrons. The van der Waals surface area contributed by atoms with Gasteiger partial charge in [0.1, 0.15) is 0 Å². The number of carbonyl (C=O) groups is 1. The molecule has 0 spiro atoms. The van der Waals surface area contributed by atoms with Gasteiger partial charge in [-0.2, -0.15) is 5.12 Å². The lowest BCUT2D eigenvalue weighted by Crippen LogP contribution is -2.31. The lowest BCUT2D eigenvalue weighted by Gasteiger charge is -2.22. The number of carbonyl (C=O) groups excluding carboxylic acids is 1. The largest absolute Gasteiger partial charge is 0.468 e. The Hall–Kier alpha value is -1.63. The van der Waals surface area contributed by atoms with E-state index in [0.29, 0.717) is 24.7 Å². The smallest absolute Gasteiger partial charge is 0.319 e. The zero-order valence-corrected chi connectivity index (χ0v) is 12.9. The van der Waals surface area contributed by atoms with E-state index >= 15 is 0 Å². The minimum Gasteiger partial charge on any atom is -0.468 e. The molecule has 1 aromatic rings. The number of aromatic nitrogens is 1. The molecule has 22 heavy (non-hydrogen) atoms. The summed E-state index contributed by atoms with van der Waals surface area (Å²) < 4.78 is 18.5. The van der Waals surface area contributed by atoms with Crippen LogP contribution in [0.2, 0.25) is 5.82 Å². The Labute approximate surface area is 130 Å². The zero-order chi connectivity index (χ0) is 15.5. The highest BCUT2D eigenvalue weighted by molar-refractivity contribution is 6.54. The van der Waals surface area contributed by atoms with Crippen molar-refractivity contribution < 1.29 is 14.0 Å². The maximum Gasteiger partial charge on any atom is 0.319 e. The number of likely N-dealkylation sites (tertiary alicyclic amines) is 1. The number of aryl methyl sites for hydroxylation is 1. The van der Waals surface area contributed by atoms with Crippen LogP contribution in [0.5, 0.6) is 0 Å². The van der Waals surface area contributed by atoms with Crippen molar-refractivity contribution in [1.29, 1.82) is 0 Å². The summed E-state index contributed by atoms with van der Waals surface area (Å²) in [5.74, 6) is 0.764. The molecular formula is C15H21BFN3O2. The first-order valence-corrected chi connectivity index (χ1v) is 7.87. The first-order valence-electron chi connectivity index (χ1n) is 7.87. The number of hydrogen-bond donors (Lipinski definition) is 0. The van der Waals surface area contributed by atoms with Crippen molar-refractivity contribution in [2.75, 3.05) is 38.4 Å². The van der Waals surface area contributed by atoms with Crippen LogP contribution in [-0.2, 0) is 16.0 Å². The molecule has 118 valence electrons. The maximum atomic E-state index is 13.8. The predicted molar refractivity (Wildman–Crippen MR) is 84.6 cm³/mol. The second kappa shape index (κ2) is 6.65. The molecule has 5 nitrogen and oxygen atoms in total.